The highest BCUT2D eigenvalue weighted by molar-refractivity contribution is 6.02. The zero-order chi connectivity index (χ0) is 23.0. The SMILES string of the molecule is CN1C(=O)[C@@H](c2ccc(OC(F)F)cc2)[C@@](C)(c2cccc(OC(F)(F)F)c2)N=C1N. The van der Waals surface area contributed by atoms with E-state index in [-0.39, 0.29) is 17.3 Å². The van der Waals surface area contributed by atoms with Crippen molar-refractivity contribution in [1.82, 2.24) is 4.90 Å². The third-order valence-corrected chi connectivity index (χ3v) is 4.92. The molecular formula is C20H18F5N3O3. The van der Waals surface area contributed by atoms with Gasteiger partial charge in [0.1, 0.15) is 17.0 Å². The number of rotatable bonds is 5. The molecule has 166 valence electrons. The smallest absolute Gasteiger partial charge is 0.435 e. The van der Waals surface area contributed by atoms with Crippen molar-refractivity contribution in [3.8, 4) is 11.5 Å². The molecule has 1 aliphatic rings. The van der Waals surface area contributed by atoms with Crippen LogP contribution < -0.4 is 15.2 Å². The monoisotopic (exact) mass is 443 g/mol. The van der Waals surface area contributed by atoms with E-state index in [0.29, 0.717) is 5.56 Å². The van der Waals surface area contributed by atoms with E-state index in [1.165, 1.54) is 43.4 Å². The Morgan fingerprint density at radius 3 is 2.35 bits per heavy atom. The lowest BCUT2D eigenvalue weighted by Gasteiger charge is -2.41. The molecule has 31 heavy (non-hydrogen) atoms. The quantitative estimate of drug-likeness (QED) is 0.710. The summed E-state index contributed by atoms with van der Waals surface area (Å²) in [7, 11) is 1.41. The van der Waals surface area contributed by atoms with Gasteiger partial charge in [-0.2, -0.15) is 8.78 Å². The van der Waals surface area contributed by atoms with Gasteiger partial charge in [-0.3, -0.25) is 9.69 Å². The number of carbonyl (C=O) groups is 1. The Morgan fingerprint density at radius 1 is 1.13 bits per heavy atom. The number of carbonyl (C=O) groups excluding carboxylic acids is 1. The summed E-state index contributed by atoms with van der Waals surface area (Å²) < 4.78 is 71.1. The first-order chi connectivity index (χ1) is 14.4. The van der Waals surface area contributed by atoms with Crippen molar-refractivity contribution in [3.63, 3.8) is 0 Å². The molecule has 1 amide bonds. The second-order valence-electron chi connectivity index (χ2n) is 6.97. The number of hydrogen-bond donors (Lipinski definition) is 1. The fraction of sp³-hybridized carbons (Fsp3) is 0.300. The lowest BCUT2D eigenvalue weighted by atomic mass is 9.74. The van der Waals surface area contributed by atoms with Crippen LogP contribution in [0, 0.1) is 0 Å². The molecule has 0 saturated carbocycles. The van der Waals surface area contributed by atoms with Crippen LogP contribution in [0.3, 0.4) is 0 Å². The van der Waals surface area contributed by atoms with E-state index in [1.807, 2.05) is 0 Å². The molecule has 2 N–H and O–H groups in total. The molecule has 0 aliphatic carbocycles. The molecule has 0 fully saturated rings. The van der Waals surface area contributed by atoms with E-state index in [9.17, 15) is 26.7 Å². The molecule has 0 unspecified atom stereocenters. The number of ether oxygens (including phenoxy) is 2. The molecule has 0 saturated heterocycles. The molecule has 2 atom stereocenters. The number of nitrogens with zero attached hydrogens (tertiary/aromatic N) is 2. The summed E-state index contributed by atoms with van der Waals surface area (Å²) in [5.74, 6) is -2.19. The number of nitrogens with two attached hydrogens (primary N) is 1. The average molecular weight is 443 g/mol. The van der Waals surface area contributed by atoms with Gasteiger partial charge in [0.15, 0.2) is 5.96 Å². The Labute approximate surface area is 174 Å². The van der Waals surface area contributed by atoms with E-state index < -0.39 is 36.1 Å². The molecule has 11 heteroatoms. The molecular weight excluding hydrogens is 425 g/mol. The Bertz CT molecular complexity index is 994. The predicted octanol–water partition coefficient (Wildman–Crippen LogP) is 3.97. The van der Waals surface area contributed by atoms with Gasteiger partial charge in [-0.25, -0.2) is 4.99 Å². The molecule has 3 rings (SSSR count). The van der Waals surface area contributed by atoms with Crippen molar-refractivity contribution in [2.75, 3.05) is 7.05 Å². The summed E-state index contributed by atoms with van der Waals surface area (Å²) in [6, 6.07) is 10.4. The van der Waals surface area contributed by atoms with Crippen molar-refractivity contribution in [1.29, 1.82) is 0 Å². The molecule has 0 radical (unpaired) electrons. The van der Waals surface area contributed by atoms with Gasteiger partial charge in [0.25, 0.3) is 0 Å². The van der Waals surface area contributed by atoms with Gasteiger partial charge in [-0.1, -0.05) is 24.3 Å². The summed E-state index contributed by atoms with van der Waals surface area (Å²) in [6.45, 7) is -1.47. The largest absolute Gasteiger partial charge is 0.573 e. The van der Waals surface area contributed by atoms with Gasteiger partial charge in [-0.15, -0.1) is 13.2 Å². The van der Waals surface area contributed by atoms with Crippen molar-refractivity contribution in [3.05, 3.63) is 59.7 Å². The minimum absolute atomic E-state index is 0.111. The summed E-state index contributed by atoms with van der Waals surface area (Å²) >= 11 is 0. The van der Waals surface area contributed by atoms with E-state index in [0.717, 1.165) is 17.0 Å². The number of likely N-dealkylation sites (N-methyl/N-ethyl adjacent to an activating group) is 1. The van der Waals surface area contributed by atoms with Crippen molar-refractivity contribution in [2.45, 2.75) is 31.4 Å². The van der Waals surface area contributed by atoms with E-state index in [4.69, 9.17) is 5.73 Å². The highest BCUT2D eigenvalue weighted by Crippen LogP contribution is 2.45. The fourth-order valence-corrected chi connectivity index (χ4v) is 3.47. The van der Waals surface area contributed by atoms with Crippen LogP contribution in [0.4, 0.5) is 22.0 Å². The highest BCUT2D eigenvalue weighted by atomic mass is 19.4. The molecule has 2 aromatic carbocycles. The van der Waals surface area contributed by atoms with E-state index >= 15 is 0 Å². The number of hydrogen-bond acceptors (Lipinski definition) is 5. The Morgan fingerprint density at radius 2 is 1.77 bits per heavy atom. The van der Waals surface area contributed by atoms with Crippen molar-refractivity contribution < 1.29 is 36.2 Å². The minimum Gasteiger partial charge on any atom is -0.435 e. The predicted molar refractivity (Wildman–Crippen MR) is 101 cm³/mol. The van der Waals surface area contributed by atoms with Gasteiger partial charge in [0.2, 0.25) is 5.91 Å². The summed E-state index contributed by atoms with van der Waals surface area (Å²) in [4.78, 5) is 18.6. The number of alkyl halides is 5. The summed E-state index contributed by atoms with van der Waals surface area (Å²) in [5.41, 5.74) is 5.12. The van der Waals surface area contributed by atoms with Gasteiger partial charge in [0.05, 0.1) is 5.92 Å². The number of guanidine groups is 1. The lowest BCUT2D eigenvalue weighted by Crippen LogP contribution is -2.52. The van der Waals surface area contributed by atoms with Crippen LogP contribution >= 0.6 is 0 Å². The zero-order valence-corrected chi connectivity index (χ0v) is 16.4. The van der Waals surface area contributed by atoms with Gasteiger partial charge >= 0.3 is 13.0 Å². The zero-order valence-electron chi connectivity index (χ0n) is 16.4. The number of halogens is 5. The van der Waals surface area contributed by atoms with Gasteiger partial charge in [-0.05, 0) is 42.3 Å². The van der Waals surface area contributed by atoms with Gasteiger partial charge < -0.3 is 15.2 Å². The third kappa shape index (κ3) is 4.70. The highest BCUT2D eigenvalue weighted by Gasteiger charge is 2.47. The van der Waals surface area contributed by atoms with Crippen molar-refractivity contribution >= 4 is 11.9 Å². The molecule has 6 nitrogen and oxygen atoms in total. The van der Waals surface area contributed by atoms with Crippen LogP contribution in [0.15, 0.2) is 53.5 Å². The van der Waals surface area contributed by atoms with Crippen LogP contribution in [0.1, 0.15) is 24.0 Å². The minimum atomic E-state index is -4.90. The number of amides is 1. The molecule has 1 heterocycles. The maximum absolute atomic E-state index is 13.1. The molecule has 0 aromatic heterocycles. The van der Waals surface area contributed by atoms with Crippen LogP contribution in [0.2, 0.25) is 0 Å². The van der Waals surface area contributed by atoms with Crippen LogP contribution in [0.5, 0.6) is 11.5 Å². The first kappa shape index (κ1) is 22.3. The van der Waals surface area contributed by atoms with E-state index in [2.05, 4.69) is 14.5 Å². The molecule has 2 aromatic rings. The van der Waals surface area contributed by atoms with Crippen LogP contribution in [-0.2, 0) is 10.3 Å². The second kappa shape index (κ2) is 8.05. The fourth-order valence-electron chi connectivity index (χ4n) is 3.47. The standard InChI is InChI=1S/C20H18F5N3O3/c1-19(12-4-3-5-14(10-12)31-20(23,24)25)15(16(29)28(2)18(26)27-19)11-6-8-13(9-7-11)30-17(21)22/h3-10,15,17H,1-2H3,(H2,26,27)/t15-,19-/m1/s1. The summed E-state index contributed by atoms with van der Waals surface area (Å²) in [6.07, 6.45) is -4.90. The van der Waals surface area contributed by atoms with Crippen molar-refractivity contribution in [2.24, 2.45) is 10.7 Å². The molecule has 0 spiro atoms. The topological polar surface area (TPSA) is 77.2 Å². The normalized spacial score (nSPS) is 21.8. The van der Waals surface area contributed by atoms with Gasteiger partial charge in [0, 0.05) is 7.05 Å². The Hall–Kier alpha value is -3.37. The number of benzene rings is 2. The maximum atomic E-state index is 13.1. The number of aliphatic imine (C=N–C) groups is 1. The Kier molecular flexibility index (Phi) is 5.79. The van der Waals surface area contributed by atoms with E-state index in [1.54, 1.807) is 6.92 Å². The molecule has 0 bridgehead atoms. The maximum Gasteiger partial charge on any atom is 0.573 e. The lowest BCUT2D eigenvalue weighted by molar-refractivity contribution is -0.274. The average Bonchev–Trinajstić information content (AvgIpc) is 2.66. The Balaban J connectivity index is 2.08. The molecule has 1 aliphatic heterocycles. The van der Waals surface area contributed by atoms with Crippen LogP contribution in [-0.4, -0.2) is 36.8 Å². The first-order valence-electron chi connectivity index (χ1n) is 8.94. The van der Waals surface area contributed by atoms with Crippen LogP contribution in [0.25, 0.3) is 0 Å². The second-order valence-corrected chi connectivity index (χ2v) is 6.97. The summed E-state index contributed by atoms with van der Waals surface area (Å²) in [5, 5.41) is 0. The first-order valence-corrected chi connectivity index (χ1v) is 8.94. The third-order valence-electron chi connectivity index (χ3n) is 4.92.